The molecule has 2 unspecified atom stereocenters. The van der Waals surface area contributed by atoms with Gasteiger partial charge in [-0.3, -0.25) is 14.5 Å². The molecule has 2 heterocycles. The van der Waals surface area contributed by atoms with Crippen molar-refractivity contribution in [3.63, 3.8) is 0 Å². The van der Waals surface area contributed by atoms with Crippen LogP contribution in [0, 0.1) is 0 Å². The first kappa shape index (κ1) is 19.4. The van der Waals surface area contributed by atoms with Crippen molar-refractivity contribution in [3.8, 4) is 5.75 Å². The lowest BCUT2D eigenvalue weighted by Crippen LogP contribution is -2.44. The number of rotatable bonds is 4. The predicted octanol–water partition coefficient (Wildman–Crippen LogP) is 2.86. The number of hydrogen-bond donors (Lipinski definition) is 2. The molecule has 0 aliphatic carbocycles. The zero-order chi connectivity index (χ0) is 20.6. The molecule has 1 saturated heterocycles. The van der Waals surface area contributed by atoms with Crippen molar-refractivity contribution in [1.82, 2.24) is 15.5 Å². The van der Waals surface area contributed by atoms with Crippen molar-refractivity contribution >= 4 is 33.8 Å². The Hall–Kier alpha value is -2.87. The van der Waals surface area contributed by atoms with Crippen LogP contribution in [0.15, 0.2) is 53.0 Å². The maximum Gasteiger partial charge on any atom is 0.325 e. The Labute approximate surface area is 176 Å². The minimum atomic E-state index is -1.22. The van der Waals surface area contributed by atoms with Gasteiger partial charge in [0.2, 0.25) is 5.91 Å². The third-order valence-corrected chi connectivity index (χ3v) is 5.77. The van der Waals surface area contributed by atoms with E-state index in [1.807, 2.05) is 30.3 Å². The minimum absolute atomic E-state index is 0.218. The average Bonchev–Trinajstić information content (AvgIpc) is 2.92. The van der Waals surface area contributed by atoms with Gasteiger partial charge in [-0.25, -0.2) is 4.79 Å². The number of carbonyl (C=O) groups excluding carboxylic acids is 3. The number of urea groups is 1. The van der Waals surface area contributed by atoms with Gasteiger partial charge < -0.3 is 15.4 Å². The van der Waals surface area contributed by atoms with Gasteiger partial charge in [0.25, 0.3) is 5.91 Å². The summed E-state index contributed by atoms with van der Waals surface area (Å²) in [6.07, 6.45) is 0.624. The fourth-order valence-electron chi connectivity index (χ4n) is 3.71. The molecular formula is C21H20BrN3O4. The van der Waals surface area contributed by atoms with Crippen LogP contribution in [0.25, 0.3) is 0 Å². The number of ether oxygens (including phenoxy) is 1. The van der Waals surface area contributed by atoms with Crippen molar-refractivity contribution in [2.45, 2.75) is 24.9 Å². The molecule has 0 saturated carbocycles. The Balaban J connectivity index is 1.48. The molecule has 0 radical (unpaired) electrons. The van der Waals surface area contributed by atoms with E-state index in [0.29, 0.717) is 18.6 Å². The first-order valence-electron chi connectivity index (χ1n) is 9.30. The molecule has 2 aliphatic rings. The number of imide groups is 1. The number of amides is 4. The summed E-state index contributed by atoms with van der Waals surface area (Å²) in [6, 6.07) is 13.9. The van der Waals surface area contributed by atoms with E-state index in [1.165, 1.54) is 0 Å². The Morgan fingerprint density at radius 3 is 2.86 bits per heavy atom. The van der Waals surface area contributed by atoms with E-state index in [2.05, 4.69) is 26.6 Å². The van der Waals surface area contributed by atoms with Crippen LogP contribution >= 0.6 is 15.9 Å². The number of hydrogen-bond acceptors (Lipinski definition) is 4. The number of nitrogens with one attached hydrogen (secondary N) is 2. The molecule has 2 aromatic carbocycles. The van der Waals surface area contributed by atoms with Gasteiger partial charge in [0.05, 0.1) is 12.6 Å². The largest absolute Gasteiger partial charge is 0.493 e. The van der Waals surface area contributed by atoms with Gasteiger partial charge in [-0.2, -0.15) is 0 Å². The van der Waals surface area contributed by atoms with Gasteiger partial charge in [0.1, 0.15) is 17.8 Å². The van der Waals surface area contributed by atoms with Gasteiger partial charge in [-0.05, 0) is 30.7 Å². The SMILES string of the molecule is CC1(c2cccc(Br)c2)NC(=O)N(CC(=O)NC2CCOc3ccccc32)C1=O. The topological polar surface area (TPSA) is 87.7 Å². The highest BCUT2D eigenvalue weighted by atomic mass is 79.9. The molecule has 0 bridgehead atoms. The van der Waals surface area contributed by atoms with Crippen molar-refractivity contribution in [1.29, 1.82) is 0 Å². The smallest absolute Gasteiger partial charge is 0.325 e. The molecule has 0 spiro atoms. The number of benzene rings is 2. The predicted molar refractivity (Wildman–Crippen MR) is 109 cm³/mol. The Bertz CT molecular complexity index is 995. The van der Waals surface area contributed by atoms with E-state index in [4.69, 9.17) is 4.74 Å². The molecule has 2 N–H and O–H groups in total. The summed E-state index contributed by atoms with van der Waals surface area (Å²) in [5, 5.41) is 5.63. The molecule has 4 rings (SSSR count). The Morgan fingerprint density at radius 1 is 1.28 bits per heavy atom. The first-order valence-corrected chi connectivity index (χ1v) is 10.1. The monoisotopic (exact) mass is 457 g/mol. The van der Waals surface area contributed by atoms with Gasteiger partial charge in [-0.15, -0.1) is 0 Å². The summed E-state index contributed by atoms with van der Waals surface area (Å²) in [5.41, 5.74) is 0.321. The van der Waals surface area contributed by atoms with Crippen LogP contribution in [-0.2, 0) is 15.1 Å². The zero-order valence-electron chi connectivity index (χ0n) is 15.8. The lowest BCUT2D eigenvalue weighted by atomic mass is 9.92. The molecule has 1 fully saturated rings. The summed E-state index contributed by atoms with van der Waals surface area (Å²) in [7, 11) is 0. The van der Waals surface area contributed by atoms with Crippen LogP contribution in [0.1, 0.15) is 30.5 Å². The van der Waals surface area contributed by atoms with Crippen molar-refractivity contribution in [2.24, 2.45) is 0 Å². The number of carbonyl (C=O) groups is 3. The van der Waals surface area contributed by atoms with E-state index in [1.54, 1.807) is 25.1 Å². The number of fused-ring (bicyclic) bond motifs is 1. The number of para-hydroxylation sites is 1. The van der Waals surface area contributed by atoms with Crippen LogP contribution in [0.4, 0.5) is 4.79 Å². The highest BCUT2D eigenvalue weighted by molar-refractivity contribution is 9.10. The van der Waals surface area contributed by atoms with Crippen molar-refractivity contribution in [3.05, 3.63) is 64.1 Å². The molecule has 2 aromatic rings. The van der Waals surface area contributed by atoms with E-state index in [9.17, 15) is 14.4 Å². The van der Waals surface area contributed by atoms with Gasteiger partial charge in [-0.1, -0.05) is 46.3 Å². The molecule has 4 amide bonds. The molecule has 2 aliphatic heterocycles. The minimum Gasteiger partial charge on any atom is -0.493 e. The average molecular weight is 458 g/mol. The number of halogens is 1. The summed E-state index contributed by atoms with van der Waals surface area (Å²) >= 11 is 3.38. The van der Waals surface area contributed by atoms with Crippen LogP contribution in [0.3, 0.4) is 0 Å². The standard InChI is InChI=1S/C21H20BrN3O4/c1-21(13-5-4-6-14(22)11-13)19(27)25(20(28)24-21)12-18(26)23-16-9-10-29-17-8-3-2-7-15(16)17/h2-8,11,16H,9-10,12H2,1H3,(H,23,26)(H,24,28). The van der Waals surface area contributed by atoms with Crippen LogP contribution in [-0.4, -0.2) is 35.9 Å². The zero-order valence-corrected chi connectivity index (χ0v) is 17.4. The van der Waals surface area contributed by atoms with Crippen LogP contribution < -0.4 is 15.4 Å². The first-order chi connectivity index (χ1) is 13.9. The van der Waals surface area contributed by atoms with Gasteiger partial charge >= 0.3 is 6.03 Å². The Kier molecular flexibility index (Phi) is 5.04. The van der Waals surface area contributed by atoms with E-state index >= 15 is 0 Å². The van der Waals surface area contributed by atoms with E-state index in [0.717, 1.165) is 20.7 Å². The third kappa shape index (κ3) is 3.60. The highest BCUT2D eigenvalue weighted by Crippen LogP contribution is 2.32. The second kappa shape index (κ2) is 7.51. The van der Waals surface area contributed by atoms with Crippen molar-refractivity contribution in [2.75, 3.05) is 13.2 Å². The van der Waals surface area contributed by atoms with Crippen LogP contribution in [0.5, 0.6) is 5.75 Å². The normalized spacial score (nSPS) is 23.2. The maximum absolute atomic E-state index is 13.0. The molecule has 0 aromatic heterocycles. The number of nitrogens with zero attached hydrogens (tertiary/aromatic N) is 1. The molecule has 7 nitrogen and oxygen atoms in total. The summed E-state index contributed by atoms with van der Waals surface area (Å²) in [4.78, 5) is 39.1. The summed E-state index contributed by atoms with van der Waals surface area (Å²) < 4.78 is 6.40. The summed E-state index contributed by atoms with van der Waals surface area (Å²) in [5.74, 6) is -0.113. The molecular weight excluding hydrogens is 438 g/mol. The van der Waals surface area contributed by atoms with Crippen molar-refractivity contribution < 1.29 is 19.1 Å². The lowest BCUT2D eigenvalue weighted by Gasteiger charge is -2.27. The second-order valence-corrected chi connectivity index (χ2v) is 8.17. The summed E-state index contributed by atoms with van der Waals surface area (Å²) in [6.45, 7) is 1.79. The molecule has 2 atom stereocenters. The molecule has 8 heteroatoms. The van der Waals surface area contributed by atoms with Gasteiger partial charge in [0.15, 0.2) is 0 Å². The van der Waals surface area contributed by atoms with E-state index < -0.39 is 23.4 Å². The quantitative estimate of drug-likeness (QED) is 0.690. The second-order valence-electron chi connectivity index (χ2n) is 7.25. The fraction of sp³-hybridized carbons (Fsp3) is 0.286. The Morgan fingerprint density at radius 2 is 2.07 bits per heavy atom. The van der Waals surface area contributed by atoms with E-state index in [-0.39, 0.29) is 12.6 Å². The molecule has 150 valence electrons. The fourth-order valence-corrected chi connectivity index (χ4v) is 4.11. The highest BCUT2D eigenvalue weighted by Gasteiger charge is 2.49. The van der Waals surface area contributed by atoms with Crippen LogP contribution in [0.2, 0.25) is 0 Å². The van der Waals surface area contributed by atoms with Gasteiger partial charge in [0, 0.05) is 16.5 Å². The molecule has 29 heavy (non-hydrogen) atoms. The lowest BCUT2D eigenvalue weighted by molar-refractivity contribution is -0.135. The third-order valence-electron chi connectivity index (χ3n) is 5.27. The maximum atomic E-state index is 13.0.